The van der Waals surface area contributed by atoms with Gasteiger partial charge in [-0.1, -0.05) is 0 Å². The van der Waals surface area contributed by atoms with Crippen LogP contribution < -0.4 is 0 Å². The summed E-state index contributed by atoms with van der Waals surface area (Å²) in [5.41, 5.74) is 1.12. The van der Waals surface area contributed by atoms with Crippen LogP contribution in [-0.4, -0.2) is 47.8 Å². The summed E-state index contributed by atoms with van der Waals surface area (Å²) in [6.45, 7) is 4.01. The number of likely N-dealkylation sites (tertiary alicyclic amines) is 1. The molecule has 2 aliphatic rings. The molecule has 1 aromatic heterocycles. The third-order valence-corrected chi connectivity index (χ3v) is 4.67. The highest BCUT2D eigenvalue weighted by atomic mass is 16.5. The number of H-pyrrole nitrogens is 1. The first-order chi connectivity index (χ1) is 10.8. The zero-order valence-electron chi connectivity index (χ0n) is 13.3. The van der Waals surface area contributed by atoms with E-state index in [2.05, 4.69) is 11.1 Å². The molecule has 0 radical (unpaired) electrons. The molecule has 1 N–H and O–H groups in total. The molecule has 5 heteroatoms. The van der Waals surface area contributed by atoms with Crippen LogP contribution in [0.1, 0.15) is 50.8 Å². The summed E-state index contributed by atoms with van der Waals surface area (Å²) in [5.74, 6) is 0.0907. The quantitative estimate of drug-likeness (QED) is 0.910. The van der Waals surface area contributed by atoms with Crippen molar-refractivity contribution in [1.82, 2.24) is 9.88 Å². The molecule has 22 heavy (non-hydrogen) atoms. The maximum absolute atomic E-state index is 12.7. The van der Waals surface area contributed by atoms with Crippen LogP contribution in [0.15, 0.2) is 18.3 Å². The first kappa shape index (κ1) is 15.6. The van der Waals surface area contributed by atoms with E-state index in [1.807, 2.05) is 24.1 Å². The van der Waals surface area contributed by atoms with Crippen molar-refractivity contribution in [2.24, 2.45) is 0 Å². The Morgan fingerprint density at radius 1 is 1.45 bits per heavy atom. The van der Waals surface area contributed by atoms with Gasteiger partial charge in [0.1, 0.15) is 6.10 Å². The SMILES string of the molecule is CC(OCC1CCCCO1)C(=O)N1CCCC1c1ccc[nH]1. The molecule has 5 nitrogen and oxygen atoms in total. The van der Waals surface area contributed by atoms with Gasteiger partial charge in [0, 0.05) is 25.0 Å². The lowest BCUT2D eigenvalue weighted by atomic mass is 10.1. The van der Waals surface area contributed by atoms with Gasteiger partial charge in [0.15, 0.2) is 0 Å². The lowest BCUT2D eigenvalue weighted by molar-refractivity contribution is -0.147. The maximum Gasteiger partial charge on any atom is 0.251 e. The molecule has 2 fully saturated rings. The number of nitrogens with zero attached hydrogens (tertiary/aromatic N) is 1. The van der Waals surface area contributed by atoms with E-state index in [9.17, 15) is 4.79 Å². The first-order valence-electron chi connectivity index (χ1n) is 8.42. The van der Waals surface area contributed by atoms with E-state index < -0.39 is 6.10 Å². The van der Waals surface area contributed by atoms with Crippen molar-refractivity contribution in [3.8, 4) is 0 Å². The van der Waals surface area contributed by atoms with E-state index >= 15 is 0 Å². The molecule has 3 rings (SSSR count). The molecular formula is C17H26N2O3. The van der Waals surface area contributed by atoms with Crippen LogP contribution in [0.5, 0.6) is 0 Å². The third-order valence-electron chi connectivity index (χ3n) is 4.67. The van der Waals surface area contributed by atoms with Crippen LogP contribution in [0.4, 0.5) is 0 Å². The molecule has 3 unspecified atom stereocenters. The molecule has 0 aliphatic carbocycles. The van der Waals surface area contributed by atoms with Gasteiger partial charge in [-0.3, -0.25) is 4.79 Å². The molecule has 1 aromatic rings. The smallest absolute Gasteiger partial charge is 0.251 e. The Morgan fingerprint density at radius 2 is 2.36 bits per heavy atom. The summed E-state index contributed by atoms with van der Waals surface area (Å²) in [6, 6.07) is 4.20. The molecule has 3 heterocycles. The Labute approximate surface area is 132 Å². The minimum Gasteiger partial charge on any atom is -0.376 e. The van der Waals surface area contributed by atoms with Crippen LogP contribution >= 0.6 is 0 Å². The second-order valence-electron chi connectivity index (χ2n) is 6.28. The Hall–Kier alpha value is -1.33. The highest BCUT2D eigenvalue weighted by molar-refractivity contribution is 5.81. The normalized spacial score (nSPS) is 27.0. The number of hydrogen-bond donors (Lipinski definition) is 1. The van der Waals surface area contributed by atoms with Crippen molar-refractivity contribution >= 4 is 5.91 Å². The van der Waals surface area contributed by atoms with Gasteiger partial charge in [-0.25, -0.2) is 0 Å². The average Bonchev–Trinajstić information content (AvgIpc) is 3.23. The van der Waals surface area contributed by atoms with E-state index in [1.54, 1.807) is 0 Å². The summed E-state index contributed by atoms with van der Waals surface area (Å²) >= 11 is 0. The zero-order valence-corrected chi connectivity index (χ0v) is 13.3. The highest BCUT2D eigenvalue weighted by Gasteiger charge is 2.33. The molecule has 3 atom stereocenters. The molecule has 0 aromatic carbocycles. The van der Waals surface area contributed by atoms with Gasteiger partial charge in [-0.05, 0) is 51.2 Å². The lowest BCUT2D eigenvalue weighted by Gasteiger charge is -2.28. The van der Waals surface area contributed by atoms with Crippen LogP contribution in [0, 0.1) is 0 Å². The lowest BCUT2D eigenvalue weighted by Crippen LogP contribution is -2.40. The summed E-state index contributed by atoms with van der Waals surface area (Å²) in [4.78, 5) is 17.9. The molecule has 2 aliphatic heterocycles. The standard InChI is InChI=1S/C17H26N2O3/c1-13(22-12-14-6-2-3-11-21-14)17(20)19-10-5-8-16(19)15-7-4-9-18-15/h4,7,9,13-14,16,18H,2-3,5-6,8,10-12H2,1H3. The predicted octanol–water partition coefficient (Wildman–Crippen LogP) is 2.65. The minimum absolute atomic E-state index is 0.0907. The van der Waals surface area contributed by atoms with E-state index in [0.717, 1.165) is 44.5 Å². The molecular weight excluding hydrogens is 280 g/mol. The van der Waals surface area contributed by atoms with E-state index in [4.69, 9.17) is 9.47 Å². The minimum atomic E-state index is -0.402. The fourth-order valence-electron chi connectivity index (χ4n) is 3.40. The van der Waals surface area contributed by atoms with Gasteiger partial charge < -0.3 is 19.4 Å². The summed E-state index contributed by atoms with van der Waals surface area (Å²) in [6.07, 6.45) is 7.10. The number of hydrogen-bond acceptors (Lipinski definition) is 3. The van der Waals surface area contributed by atoms with Crippen molar-refractivity contribution < 1.29 is 14.3 Å². The summed E-state index contributed by atoms with van der Waals surface area (Å²) in [7, 11) is 0. The van der Waals surface area contributed by atoms with E-state index in [-0.39, 0.29) is 18.1 Å². The molecule has 0 bridgehead atoms. The van der Waals surface area contributed by atoms with Gasteiger partial charge in [-0.2, -0.15) is 0 Å². The fourth-order valence-corrected chi connectivity index (χ4v) is 3.40. The van der Waals surface area contributed by atoms with E-state index in [0.29, 0.717) is 6.61 Å². The van der Waals surface area contributed by atoms with Gasteiger partial charge in [0.2, 0.25) is 0 Å². The van der Waals surface area contributed by atoms with Crippen molar-refractivity contribution in [3.63, 3.8) is 0 Å². The second-order valence-corrected chi connectivity index (χ2v) is 6.28. The first-order valence-corrected chi connectivity index (χ1v) is 8.42. The predicted molar refractivity (Wildman–Crippen MR) is 83.5 cm³/mol. The number of ether oxygens (including phenoxy) is 2. The largest absolute Gasteiger partial charge is 0.376 e. The Bertz CT molecular complexity index is 468. The topological polar surface area (TPSA) is 54.6 Å². The van der Waals surface area contributed by atoms with Crippen LogP contribution in [0.2, 0.25) is 0 Å². The Balaban J connectivity index is 1.53. The average molecular weight is 306 g/mol. The van der Waals surface area contributed by atoms with Crippen LogP contribution in [0.3, 0.4) is 0 Å². The van der Waals surface area contributed by atoms with Gasteiger partial charge >= 0.3 is 0 Å². The number of rotatable bonds is 5. The number of aromatic amines is 1. The van der Waals surface area contributed by atoms with Crippen molar-refractivity contribution in [2.45, 2.75) is 57.3 Å². The molecule has 0 spiro atoms. The second kappa shape index (κ2) is 7.29. The summed E-state index contributed by atoms with van der Waals surface area (Å²) in [5, 5.41) is 0. The van der Waals surface area contributed by atoms with E-state index in [1.165, 1.54) is 6.42 Å². The van der Waals surface area contributed by atoms with Crippen molar-refractivity contribution in [2.75, 3.05) is 19.8 Å². The zero-order chi connectivity index (χ0) is 15.4. The third kappa shape index (κ3) is 3.52. The number of carbonyl (C=O) groups excluding carboxylic acids is 1. The number of nitrogens with one attached hydrogen (secondary N) is 1. The monoisotopic (exact) mass is 306 g/mol. The molecule has 2 saturated heterocycles. The number of carbonyl (C=O) groups is 1. The molecule has 0 saturated carbocycles. The van der Waals surface area contributed by atoms with Gasteiger partial charge in [0.05, 0.1) is 18.8 Å². The fraction of sp³-hybridized carbons (Fsp3) is 0.706. The maximum atomic E-state index is 12.7. The van der Waals surface area contributed by atoms with Crippen molar-refractivity contribution in [3.05, 3.63) is 24.0 Å². The van der Waals surface area contributed by atoms with Crippen LogP contribution in [-0.2, 0) is 14.3 Å². The summed E-state index contributed by atoms with van der Waals surface area (Å²) < 4.78 is 11.5. The number of amides is 1. The van der Waals surface area contributed by atoms with Crippen LogP contribution in [0.25, 0.3) is 0 Å². The molecule has 1 amide bonds. The molecule has 122 valence electrons. The highest BCUT2D eigenvalue weighted by Crippen LogP contribution is 2.31. The van der Waals surface area contributed by atoms with Gasteiger partial charge in [0.25, 0.3) is 5.91 Å². The Morgan fingerprint density at radius 3 is 3.09 bits per heavy atom. The number of aromatic nitrogens is 1. The Kier molecular flexibility index (Phi) is 5.16. The van der Waals surface area contributed by atoms with Gasteiger partial charge in [-0.15, -0.1) is 0 Å². The van der Waals surface area contributed by atoms with Crippen molar-refractivity contribution in [1.29, 1.82) is 0 Å².